The zero-order chi connectivity index (χ0) is 11.6. The summed E-state index contributed by atoms with van der Waals surface area (Å²) in [7, 11) is 0. The second-order valence-corrected chi connectivity index (χ2v) is 11.7. The highest BCUT2D eigenvalue weighted by Gasteiger charge is 2.29. The second kappa shape index (κ2) is 6.82. The van der Waals surface area contributed by atoms with Crippen LogP contribution in [-0.4, -0.2) is 34.6 Å². The maximum atomic E-state index is 4.48. The van der Waals surface area contributed by atoms with Crippen LogP contribution in [0.1, 0.15) is 0 Å². The Bertz CT molecular complexity index is 276. The molecule has 0 saturated heterocycles. The summed E-state index contributed by atoms with van der Waals surface area (Å²) in [6, 6.07) is 0. The number of alkyl halides is 6. The molecule has 0 spiro atoms. The second-order valence-electron chi connectivity index (χ2n) is 2.51. The maximum absolute atomic E-state index is 4.48. The Labute approximate surface area is 138 Å². The third-order valence-electron chi connectivity index (χ3n) is 1.54. The number of amidine groups is 1. The van der Waals surface area contributed by atoms with Gasteiger partial charge in [-0.1, -0.05) is 95.6 Å². The highest BCUT2D eigenvalue weighted by atomic mass is 79.9. The van der Waals surface area contributed by atoms with Gasteiger partial charge in [0, 0.05) is 0 Å². The molecule has 0 aliphatic carbocycles. The van der Waals surface area contributed by atoms with Crippen LogP contribution in [-0.2, 0) is 0 Å². The molecule has 0 fully saturated rings. The molecule has 0 amide bonds. The van der Waals surface area contributed by atoms with Gasteiger partial charge < -0.3 is 4.90 Å². The Balaban J connectivity index is 2.89. The lowest BCUT2D eigenvalue weighted by Gasteiger charge is -2.32. The number of aliphatic imine (C=N–C) groups is 2. The number of halogens is 6. The fraction of sp³-hybridized carbons (Fsp3) is 0.667. The molecule has 15 heavy (non-hydrogen) atoms. The van der Waals surface area contributed by atoms with Crippen molar-refractivity contribution in [1.82, 2.24) is 4.90 Å². The van der Waals surface area contributed by atoms with Crippen molar-refractivity contribution in [1.29, 1.82) is 0 Å². The number of hydrogen-bond acceptors (Lipinski definition) is 3. The maximum Gasteiger partial charge on any atom is 0.151 e. The van der Waals surface area contributed by atoms with Gasteiger partial charge in [0.15, 0.2) is 5.84 Å². The third kappa shape index (κ3) is 4.31. The van der Waals surface area contributed by atoms with E-state index in [1.54, 1.807) is 6.34 Å². The predicted molar refractivity (Wildman–Crippen MR) is 86.5 cm³/mol. The summed E-state index contributed by atoms with van der Waals surface area (Å²) < 4.78 is 0.00241. The molecular formula is C6H5Br6N3. The Kier molecular flexibility index (Phi) is 6.86. The molecule has 0 saturated carbocycles. The van der Waals surface area contributed by atoms with E-state index in [-0.39, 0.29) is 17.5 Å². The minimum Gasteiger partial charge on any atom is -0.316 e. The molecule has 1 aliphatic heterocycles. The van der Waals surface area contributed by atoms with Gasteiger partial charge in [0.05, 0.1) is 6.34 Å². The van der Waals surface area contributed by atoms with Crippen LogP contribution in [0.15, 0.2) is 9.98 Å². The van der Waals surface area contributed by atoms with Crippen LogP contribution in [0.3, 0.4) is 0 Å². The Morgan fingerprint density at radius 3 is 2.13 bits per heavy atom. The van der Waals surface area contributed by atoms with Gasteiger partial charge in [-0.25, -0.2) is 9.98 Å². The normalized spacial score (nSPS) is 21.8. The summed E-state index contributed by atoms with van der Waals surface area (Å²) in [5.74, 6) is 0.709. The van der Waals surface area contributed by atoms with E-state index < -0.39 is 0 Å². The first-order valence-electron chi connectivity index (χ1n) is 3.67. The molecule has 1 heterocycles. The molecule has 1 atom stereocenters. The molecule has 1 aliphatic rings. The average Bonchev–Trinajstić information content (AvgIpc) is 2.16. The van der Waals surface area contributed by atoms with E-state index in [0.717, 1.165) is 0 Å². The van der Waals surface area contributed by atoms with E-state index >= 15 is 0 Å². The highest BCUT2D eigenvalue weighted by molar-refractivity contribution is 9.25. The lowest BCUT2D eigenvalue weighted by atomic mass is 10.5. The van der Waals surface area contributed by atoms with Crippen LogP contribution in [0.2, 0.25) is 0 Å². The van der Waals surface area contributed by atoms with Gasteiger partial charge in [-0.3, -0.25) is 0 Å². The minimum absolute atomic E-state index is 0.00856. The monoisotopic (exact) mass is 593 g/mol. The summed E-state index contributed by atoms with van der Waals surface area (Å²) >= 11 is 20.5. The molecule has 0 radical (unpaired) electrons. The molecule has 9 heteroatoms. The summed E-state index contributed by atoms with van der Waals surface area (Å²) in [6.45, 7) is 0. The van der Waals surface area contributed by atoms with Crippen molar-refractivity contribution in [2.75, 3.05) is 0 Å². The van der Waals surface area contributed by atoms with Crippen molar-refractivity contribution in [2.24, 2.45) is 9.98 Å². The van der Waals surface area contributed by atoms with Crippen molar-refractivity contribution in [3.63, 3.8) is 0 Å². The number of hydrogen-bond donors (Lipinski definition) is 0. The molecule has 0 N–H and O–H groups in total. The van der Waals surface area contributed by atoms with Crippen LogP contribution >= 0.6 is 95.6 Å². The molecule has 1 unspecified atom stereocenters. The summed E-state index contributed by atoms with van der Waals surface area (Å²) in [6.07, 6.45) is 1.67. The molecule has 0 aromatic rings. The molecular weight excluding hydrogens is 594 g/mol. The highest BCUT2D eigenvalue weighted by Crippen LogP contribution is 2.28. The summed E-state index contributed by atoms with van der Waals surface area (Å²) in [4.78, 5) is 10.6. The van der Waals surface area contributed by atoms with Crippen molar-refractivity contribution < 1.29 is 0 Å². The smallest absolute Gasteiger partial charge is 0.151 e. The summed E-state index contributed by atoms with van der Waals surface area (Å²) in [5, 5.41) is 0. The zero-order valence-electron chi connectivity index (χ0n) is 7.00. The first-order valence-corrected chi connectivity index (χ1v) is 9.16. The standard InChI is InChI=1S/C6H5Br6N3/c7-2(8)4-13-1-15(6(11)12)5(14-4)3(9)10/h1-3,5-6H. The van der Waals surface area contributed by atoms with Crippen LogP contribution in [0.5, 0.6) is 0 Å². The minimum atomic E-state index is -0.0705. The largest absolute Gasteiger partial charge is 0.316 e. The Morgan fingerprint density at radius 1 is 1.13 bits per heavy atom. The molecule has 0 bridgehead atoms. The topological polar surface area (TPSA) is 28.0 Å². The zero-order valence-corrected chi connectivity index (χ0v) is 16.5. The fourth-order valence-corrected chi connectivity index (χ4v) is 2.85. The molecule has 1 rings (SSSR count). The van der Waals surface area contributed by atoms with E-state index in [4.69, 9.17) is 0 Å². The Morgan fingerprint density at radius 2 is 1.73 bits per heavy atom. The fourth-order valence-electron chi connectivity index (χ4n) is 0.895. The van der Waals surface area contributed by atoms with Crippen LogP contribution in [0.4, 0.5) is 0 Å². The number of rotatable bonds is 3. The summed E-state index contributed by atoms with van der Waals surface area (Å²) in [5.41, 5.74) is 0. The third-order valence-corrected chi connectivity index (χ3v) is 4.25. The van der Waals surface area contributed by atoms with Crippen molar-refractivity contribution >= 4 is 108 Å². The molecule has 0 aromatic carbocycles. The van der Waals surface area contributed by atoms with Gasteiger partial charge in [-0.15, -0.1) is 0 Å². The first kappa shape index (κ1) is 15.1. The molecule has 86 valence electrons. The van der Waals surface area contributed by atoms with Crippen molar-refractivity contribution in [3.05, 3.63) is 0 Å². The van der Waals surface area contributed by atoms with E-state index in [1.807, 2.05) is 4.90 Å². The quantitative estimate of drug-likeness (QED) is 0.351. The molecule has 3 nitrogen and oxygen atoms in total. The van der Waals surface area contributed by atoms with Gasteiger partial charge in [0.2, 0.25) is 0 Å². The molecule has 0 aromatic heterocycles. The van der Waals surface area contributed by atoms with Gasteiger partial charge >= 0.3 is 0 Å². The average molecular weight is 599 g/mol. The van der Waals surface area contributed by atoms with Gasteiger partial charge in [0.1, 0.15) is 17.5 Å². The lowest BCUT2D eigenvalue weighted by Crippen LogP contribution is -2.42. The number of nitrogens with zero attached hydrogens (tertiary/aromatic N) is 3. The SMILES string of the molecule is BrC(Br)C1=NC(C(Br)Br)N(C(Br)Br)C=N1. The van der Waals surface area contributed by atoms with Crippen molar-refractivity contribution in [3.8, 4) is 0 Å². The predicted octanol–water partition coefficient (Wildman–Crippen LogP) is 4.36. The Hall–Kier alpha value is 2.02. The van der Waals surface area contributed by atoms with Crippen molar-refractivity contribution in [2.45, 2.75) is 17.5 Å². The van der Waals surface area contributed by atoms with Crippen LogP contribution in [0, 0.1) is 0 Å². The van der Waals surface area contributed by atoms with E-state index in [0.29, 0.717) is 5.84 Å². The lowest BCUT2D eigenvalue weighted by molar-refractivity contribution is 0.384. The van der Waals surface area contributed by atoms with Gasteiger partial charge in [-0.2, -0.15) is 0 Å². The first-order chi connectivity index (χ1) is 6.93. The van der Waals surface area contributed by atoms with E-state index in [1.165, 1.54) is 0 Å². The van der Waals surface area contributed by atoms with Crippen LogP contribution < -0.4 is 0 Å². The van der Waals surface area contributed by atoms with Crippen LogP contribution in [0.25, 0.3) is 0 Å². The van der Waals surface area contributed by atoms with Gasteiger partial charge in [0.25, 0.3) is 0 Å². The van der Waals surface area contributed by atoms with E-state index in [2.05, 4.69) is 106 Å². The van der Waals surface area contributed by atoms with E-state index in [9.17, 15) is 0 Å². The van der Waals surface area contributed by atoms with Gasteiger partial charge in [-0.05, 0) is 0 Å².